The van der Waals surface area contributed by atoms with E-state index in [1.165, 1.54) is 25.7 Å². The van der Waals surface area contributed by atoms with Gasteiger partial charge in [-0.1, -0.05) is 26.2 Å². The molecule has 1 aromatic heterocycles. The van der Waals surface area contributed by atoms with E-state index in [1.807, 2.05) is 18.3 Å². The summed E-state index contributed by atoms with van der Waals surface area (Å²) >= 11 is 0. The SMILES string of the molecule is CC1CCCCC1CNc1ccc(N)c2ccncc12. The molecule has 106 valence electrons. The molecule has 3 rings (SSSR count). The summed E-state index contributed by atoms with van der Waals surface area (Å²) in [6.45, 7) is 3.43. The molecule has 1 fully saturated rings. The maximum Gasteiger partial charge on any atom is 0.0437 e. The summed E-state index contributed by atoms with van der Waals surface area (Å²) in [6, 6.07) is 6.04. The Balaban J connectivity index is 1.79. The molecule has 20 heavy (non-hydrogen) atoms. The number of rotatable bonds is 3. The lowest BCUT2D eigenvalue weighted by molar-refractivity contribution is 0.269. The van der Waals surface area contributed by atoms with Crippen LogP contribution in [0.1, 0.15) is 32.6 Å². The predicted octanol–water partition coefficient (Wildman–Crippen LogP) is 4.06. The van der Waals surface area contributed by atoms with E-state index in [4.69, 9.17) is 5.73 Å². The van der Waals surface area contributed by atoms with Crippen molar-refractivity contribution in [2.75, 3.05) is 17.6 Å². The molecule has 1 aliphatic carbocycles. The van der Waals surface area contributed by atoms with Gasteiger partial charge < -0.3 is 11.1 Å². The van der Waals surface area contributed by atoms with Crippen LogP contribution in [0.4, 0.5) is 11.4 Å². The zero-order valence-electron chi connectivity index (χ0n) is 12.1. The highest BCUT2D eigenvalue weighted by atomic mass is 14.9. The molecule has 0 amide bonds. The van der Waals surface area contributed by atoms with Gasteiger partial charge in [0.25, 0.3) is 0 Å². The fourth-order valence-corrected chi connectivity index (χ4v) is 3.30. The zero-order chi connectivity index (χ0) is 13.9. The Kier molecular flexibility index (Phi) is 3.77. The van der Waals surface area contributed by atoms with Gasteiger partial charge >= 0.3 is 0 Å². The molecular weight excluding hydrogens is 246 g/mol. The second kappa shape index (κ2) is 5.70. The maximum atomic E-state index is 6.03. The molecule has 2 unspecified atom stereocenters. The molecule has 0 saturated heterocycles. The highest BCUT2D eigenvalue weighted by molar-refractivity contribution is 6.00. The van der Waals surface area contributed by atoms with Gasteiger partial charge in [0.1, 0.15) is 0 Å². The first-order valence-corrected chi connectivity index (χ1v) is 7.62. The lowest BCUT2D eigenvalue weighted by Gasteiger charge is -2.29. The Morgan fingerprint density at radius 2 is 2.05 bits per heavy atom. The number of hydrogen-bond acceptors (Lipinski definition) is 3. The minimum atomic E-state index is 0.785. The lowest BCUT2D eigenvalue weighted by atomic mass is 9.80. The van der Waals surface area contributed by atoms with E-state index in [1.54, 1.807) is 6.20 Å². The van der Waals surface area contributed by atoms with Crippen molar-refractivity contribution in [3.05, 3.63) is 30.6 Å². The molecule has 1 aromatic carbocycles. The van der Waals surface area contributed by atoms with E-state index >= 15 is 0 Å². The third kappa shape index (κ3) is 2.58. The van der Waals surface area contributed by atoms with E-state index in [9.17, 15) is 0 Å². The summed E-state index contributed by atoms with van der Waals surface area (Å²) in [7, 11) is 0. The smallest absolute Gasteiger partial charge is 0.0437 e. The molecule has 3 nitrogen and oxygen atoms in total. The zero-order valence-corrected chi connectivity index (χ0v) is 12.1. The third-order valence-electron chi connectivity index (χ3n) is 4.70. The van der Waals surface area contributed by atoms with Gasteiger partial charge in [0.05, 0.1) is 0 Å². The largest absolute Gasteiger partial charge is 0.398 e. The van der Waals surface area contributed by atoms with Gasteiger partial charge in [0, 0.05) is 41.1 Å². The van der Waals surface area contributed by atoms with Crippen LogP contribution in [0.2, 0.25) is 0 Å². The topological polar surface area (TPSA) is 50.9 Å². The van der Waals surface area contributed by atoms with Crippen LogP contribution in [0.15, 0.2) is 30.6 Å². The summed E-state index contributed by atoms with van der Waals surface area (Å²) in [5.41, 5.74) is 8.00. The van der Waals surface area contributed by atoms with Gasteiger partial charge in [-0.05, 0) is 36.5 Å². The Labute approximate surface area is 120 Å². The van der Waals surface area contributed by atoms with Crippen molar-refractivity contribution in [3.8, 4) is 0 Å². The van der Waals surface area contributed by atoms with E-state index in [0.717, 1.165) is 40.5 Å². The Morgan fingerprint density at radius 3 is 2.90 bits per heavy atom. The number of nitrogens with one attached hydrogen (secondary N) is 1. The number of benzene rings is 1. The van der Waals surface area contributed by atoms with Crippen LogP contribution < -0.4 is 11.1 Å². The van der Waals surface area contributed by atoms with Crippen LogP contribution in [0.25, 0.3) is 10.8 Å². The monoisotopic (exact) mass is 269 g/mol. The molecule has 0 bridgehead atoms. The molecule has 3 heteroatoms. The molecule has 0 spiro atoms. The van der Waals surface area contributed by atoms with Crippen molar-refractivity contribution in [3.63, 3.8) is 0 Å². The van der Waals surface area contributed by atoms with Gasteiger partial charge in [-0.25, -0.2) is 0 Å². The van der Waals surface area contributed by atoms with Crippen molar-refractivity contribution in [1.29, 1.82) is 0 Å². The number of fused-ring (bicyclic) bond motifs is 1. The molecule has 3 N–H and O–H groups in total. The summed E-state index contributed by atoms with van der Waals surface area (Å²) in [4.78, 5) is 4.23. The molecule has 1 heterocycles. The molecule has 1 aliphatic rings. The minimum absolute atomic E-state index is 0.785. The molecule has 0 aliphatic heterocycles. The van der Waals surface area contributed by atoms with Crippen molar-refractivity contribution in [1.82, 2.24) is 4.98 Å². The number of nitrogens with zero attached hydrogens (tertiary/aromatic N) is 1. The van der Waals surface area contributed by atoms with Crippen LogP contribution in [0.5, 0.6) is 0 Å². The van der Waals surface area contributed by atoms with Gasteiger partial charge in [0.2, 0.25) is 0 Å². The lowest BCUT2D eigenvalue weighted by Crippen LogP contribution is -2.24. The summed E-state index contributed by atoms with van der Waals surface area (Å²) in [5, 5.41) is 5.83. The molecule has 0 radical (unpaired) electrons. The number of nitrogens with two attached hydrogens (primary N) is 1. The van der Waals surface area contributed by atoms with Gasteiger partial charge in [-0.2, -0.15) is 0 Å². The Morgan fingerprint density at radius 1 is 1.20 bits per heavy atom. The van der Waals surface area contributed by atoms with Crippen LogP contribution in [0, 0.1) is 11.8 Å². The second-order valence-electron chi connectivity index (χ2n) is 6.03. The fraction of sp³-hybridized carbons (Fsp3) is 0.471. The predicted molar refractivity (Wildman–Crippen MR) is 85.8 cm³/mol. The van der Waals surface area contributed by atoms with Crippen molar-refractivity contribution in [2.45, 2.75) is 32.6 Å². The number of nitrogen functional groups attached to an aromatic ring is 1. The Hall–Kier alpha value is -1.77. The van der Waals surface area contributed by atoms with Gasteiger partial charge in [0.15, 0.2) is 0 Å². The van der Waals surface area contributed by atoms with Crippen LogP contribution in [-0.4, -0.2) is 11.5 Å². The molecule has 1 saturated carbocycles. The third-order valence-corrected chi connectivity index (χ3v) is 4.70. The van der Waals surface area contributed by atoms with Gasteiger partial charge in [-0.15, -0.1) is 0 Å². The summed E-state index contributed by atoms with van der Waals surface area (Å²) in [5.74, 6) is 1.61. The van der Waals surface area contributed by atoms with E-state index in [0.29, 0.717) is 0 Å². The summed E-state index contributed by atoms with van der Waals surface area (Å²) in [6.07, 6.45) is 9.19. The first-order valence-electron chi connectivity index (χ1n) is 7.62. The first-order chi connectivity index (χ1) is 9.75. The molecule has 2 aromatic rings. The number of anilines is 2. The van der Waals surface area contributed by atoms with Crippen molar-refractivity contribution in [2.24, 2.45) is 11.8 Å². The highest BCUT2D eigenvalue weighted by Crippen LogP contribution is 2.31. The van der Waals surface area contributed by atoms with E-state index in [-0.39, 0.29) is 0 Å². The standard InChI is InChI=1S/C17H23N3/c1-12-4-2-3-5-13(12)10-20-17-7-6-16(18)14-8-9-19-11-15(14)17/h6-9,11-13,20H,2-5,10,18H2,1H3. The quantitative estimate of drug-likeness (QED) is 0.826. The van der Waals surface area contributed by atoms with Crippen molar-refractivity contribution >= 4 is 22.1 Å². The van der Waals surface area contributed by atoms with Crippen molar-refractivity contribution < 1.29 is 0 Å². The fourth-order valence-electron chi connectivity index (χ4n) is 3.30. The van der Waals surface area contributed by atoms with E-state index < -0.39 is 0 Å². The number of aromatic nitrogens is 1. The first kappa shape index (κ1) is 13.2. The minimum Gasteiger partial charge on any atom is -0.398 e. The van der Waals surface area contributed by atoms with E-state index in [2.05, 4.69) is 23.3 Å². The van der Waals surface area contributed by atoms with Gasteiger partial charge in [-0.3, -0.25) is 4.98 Å². The second-order valence-corrected chi connectivity index (χ2v) is 6.03. The average Bonchev–Trinajstić information content (AvgIpc) is 2.48. The molecular formula is C17H23N3. The normalized spacial score (nSPS) is 22.9. The summed E-state index contributed by atoms with van der Waals surface area (Å²) < 4.78 is 0. The Bertz CT molecular complexity index is 594. The highest BCUT2D eigenvalue weighted by Gasteiger charge is 2.21. The number of hydrogen-bond donors (Lipinski definition) is 2. The number of pyridine rings is 1. The molecule has 2 atom stereocenters. The van der Waals surface area contributed by atoms with Crippen LogP contribution in [-0.2, 0) is 0 Å². The average molecular weight is 269 g/mol. The maximum absolute atomic E-state index is 6.03. The van der Waals surface area contributed by atoms with Crippen LogP contribution >= 0.6 is 0 Å². The van der Waals surface area contributed by atoms with Crippen LogP contribution in [0.3, 0.4) is 0 Å².